The number of benzene rings is 1. The van der Waals surface area contributed by atoms with Gasteiger partial charge >= 0.3 is 5.97 Å². The summed E-state index contributed by atoms with van der Waals surface area (Å²) >= 11 is 0. The fraction of sp³-hybridized carbons (Fsp3) is 0.417. The standard InChI is InChI=1S/C12H16FNO5S/c1-8(7-19-2)6-14-20(17,18)9-3-4-11(13)10(5-9)12(15)16/h3-5,8,14H,6-7H2,1-2H3,(H,15,16). The minimum absolute atomic E-state index is 0.0471. The zero-order chi connectivity index (χ0) is 15.3. The molecule has 112 valence electrons. The van der Waals surface area contributed by atoms with Crippen LogP contribution in [0.1, 0.15) is 17.3 Å². The molecule has 0 bridgehead atoms. The highest BCUT2D eigenvalue weighted by Crippen LogP contribution is 2.15. The maximum atomic E-state index is 13.2. The highest BCUT2D eigenvalue weighted by atomic mass is 32.2. The smallest absolute Gasteiger partial charge is 0.338 e. The van der Waals surface area contributed by atoms with Crippen LogP contribution in [0, 0.1) is 11.7 Å². The molecule has 1 aromatic carbocycles. The third-order valence-electron chi connectivity index (χ3n) is 2.55. The van der Waals surface area contributed by atoms with E-state index in [9.17, 15) is 17.6 Å². The van der Waals surface area contributed by atoms with Crippen molar-refractivity contribution in [3.05, 3.63) is 29.6 Å². The van der Waals surface area contributed by atoms with Crippen molar-refractivity contribution in [1.82, 2.24) is 4.72 Å². The molecule has 1 atom stereocenters. The summed E-state index contributed by atoms with van der Waals surface area (Å²) in [4.78, 5) is 10.5. The molecule has 1 rings (SSSR count). The van der Waals surface area contributed by atoms with Crippen molar-refractivity contribution in [2.75, 3.05) is 20.3 Å². The lowest BCUT2D eigenvalue weighted by Crippen LogP contribution is -2.30. The molecule has 0 saturated heterocycles. The average molecular weight is 305 g/mol. The number of rotatable bonds is 7. The summed E-state index contributed by atoms with van der Waals surface area (Å²) in [5.41, 5.74) is -0.683. The Kier molecular flexibility index (Phi) is 5.61. The van der Waals surface area contributed by atoms with Crippen LogP contribution < -0.4 is 4.72 Å². The fourth-order valence-corrected chi connectivity index (χ4v) is 2.70. The van der Waals surface area contributed by atoms with E-state index in [4.69, 9.17) is 9.84 Å². The van der Waals surface area contributed by atoms with Gasteiger partial charge in [-0.15, -0.1) is 0 Å². The minimum atomic E-state index is -3.88. The zero-order valence-corrected chi connectivity index (χ0v) is 11.9. The summed E-state index contributed by atoms with van der Waals surface area (Å²) in [5.74, 6) is -2.55. The van der Waals surface area contributed by atoms with E-state index in [1.165, 1.54) is 7.11 Å². The molecule has 1 aromatic rings. The first-order chi connectivity index (χ1) is 9.27. The van der Waals surface area contributed by atoms with Gasteiger partial charge < -0.3 is 9.84 Å². The average Bonchev–Trinajstić information content (AvgIpc) is 2.37. The van der Waals surface area contributed by atoms with Gasteiger partial charge in [-0.25, -0.2) is 22.3 Å². The number of sulfonamides is 1. The van der Waals surface area contributed by atoms with E-state index >= 15 is 0 Å². The minimum Gasteiger partial charge on any atom is -0.478 e. The Bertz CT molecular complexity index is 588. The van der Waals surface area contributed by atoms with Gasteiger partial charge in [0.05, 0.1) is 10.5 Å². The number of halogens is 1. The molecule has 0 amide bonds. The summed E-state index contributed by atoms with van der Waals surface area (Å²) in [7, 11) is -2.38. The largest absolute Gasteiger partial charge is 0.478 e. The first kappa shape index (κ1) is 16.5. The quantitative estimate of drug-likeness (QED) is 0.786. The van der Waals surface area contributed by atoms with E-state index in [-0.39, 0.29) is 17.4 Å². The van der Waals surface area contributed by atoms with Crippen LogP contribution in [0.4, 0.5) is 4.39 Å². The Balaban J connectivity index is 2.93. The van der Waals surface area contributed by atoms with Crippen molar-refractivity contribution in [2.45, 2.75) is 11.8 Å². The molecule has 0 fully saturated rings. The number of hydrogen-bond acceptors (Lipinski definition) is 4. The van der Waals surface area contributed by atoms with E-state index in [2.05, 4.69) is 4.72 Å². The number of nitrogens with one attached hydrogen (secondary N) is 1. The Morgan fingerprint density at radius 2 is 2.15 bits per heavy atom. The zero-order valence-electron chi connectivity index (χ0n) is 11.1. The van der Waals surface area contributed by atoms with Crippen LogP contribution in [0.25, 0.3) is 0 Å². The molecule has 0 spiro atoms. The van der Waals surface area contributed by atoms with Crippen LogP contribution in [-0.4, -0.2) is 39.8 Å². The van der Waals surface area contributed by atoms with E-state index in [0.29, 0.717) is 6.61 Å². The first-order valence-electron chi connectivity index (χ1n) is 5.79. The molecule has 8 heteroatoms. The van der Waals surface area contributed by atoms with Crippen LogP contribution in [0.5, 0.6) is 0 Å². The second kappa shape index (κ2) is 6.78. The molecule has 0 saturated carbocycles. The van der Waals surface area contributed by atoms with Gasteiger partial charge in [0.1, 0.15) is 5.82 Å². The molecule has 0 aliphatic carbocycles. The van der Waals surface area contributed by atoms with Crippen LogP contribution in [-0.2, 0) is 14.8 Å². The van der Waals surface area contributed by atoms with E-state index in [1.54, 1.807) is 6.92 Å². The van der Waals surface area contributed by atoms with Gasteiger partial charge in [0.15, 0.2) is 0 Å². The molecule has 0 heterocycles. The third-order valence-corrected chi connectivity index (χ3v) is 3.97. The number of carboxylic acid groups (broad SMARTS) is 1. The molecule has 0 radical (unpaired) electrons. The third kappa shape index (κ3) is 4.26. The Hall–Kier alpha value is -1.51. The van der Waals surface area contributed by atoms with Crippen LogP contribution in [0.15, 0.2) is 23.1 Å². The maximum Gasteiger partial charge on any atom is 0.338 e. The molecular weight excluding hydrogens is 289 g/mol. The van der Waals surface area contributed by atoms with E-state index < -0.39 is 27.4 Å². The van der Waals surface area contributed by atoms with Gasteiger partial charge in [0, 0.05) is 20.3 Å². The van der Waals surface area contributed by atoms with Gasteiger partial charge in [0.25, 0.3) is 0 Å². The normalized spacial score (nSPS) is 13.2. The van der Waals surface area contributed by atoms with Crippen LogP contribution in [0.2, 0.25) is 0 Å². The van der Waals surface area contributed by atoms with Gasteiger partial charge in [-0.2, -0.15) is 0 Å². The molecule has 1 unspecified atom stereocenters. The Labute approximate surface area is 116 Å². The van der Waals surface area contributed by atoms with Crippen LogP contribution in [0.3, 0.4) is 0 Å². The fourth-order valence-electron chi connectivity index (χ4n) is 1.51. The molecule has 6 nitrogen and oxygen atoms in total. The van der Waals surface area contributed by atoms with Crippen molar-refractivity contribution >= 4 is 16.0 Å². The summed E-state index contributed by atoms with van der Waals surface area (Å²) in [6.07, 6.45) is 0. The first-order valence-corrected chi connectivity index (χ1v) is 7.27. The monoisotopic (exact) mass is 305 g/mol. The molecule has 0 aliphatic heterocycles. The number of carbonyl (C=O) groups is 1. The molecule has 0 aromatic heterocycles. The van der Waals surface area contributed by atoms with Gasteiger partial charge in [0.2, 0.25) is 10.0 Å². The molecule has 2 N–H and O–H groups in total. The van der Waals surface area contributed by atoms with Crippen LogP contribution >= 0.6 is 0 Å². The second-order valence-corrected chi connectivity index (χ2v) is 6.13. The summed E-state index contributed by atoms with van der Waals surface area (Å²) < 4.78 is 44.3. The lowest BCUT2D eigenvalue weighted by Gasteiger charge is -2.12. The lowest BCUT2D eigenvalue weighted by atomic mass is 10.2. The number of methoxy groups -OCH3 is 1. The number of aromatic carboxylic acids is 1. The van der Waals surface area contributed by atoms with Crippen molar-refractivity contribution in [2.24, 2.45) is 5.92 Å². The SMILES string of the molecule is COCC(C)CNS(=O)(=O)c1ccc(F)c(C(=O)O)c1. The van der Waals surface area contributed by atoms with Gasteiger partial charge in [-0.1, -0.05) is 6.92 Å². The lowest BCUT2D eigenvalue weighted by molar-refractivity contribution is 0.0691. The maximum absolute atomic E-state index is 13.2. The predicted molar refractivity (Wildman–Crippen MR) is 69.6 cm³/mol. The Morgan fingerprint density at radius 3 is 2.70 bits per heavy atom. The predicted octanol–water partition coefficient (Wildman–Crippen LogP) is 1.08. The summed E-state index contributed by atoms with van der Waals surface area (Å²) in [6, 6.07) is 2.63. The van der Waals surface area contributed by atoms with Crippen molar-refractivity contribution in [1.29, 1.82) is 0 Å². The topological polar surface area (TPSA) is 92.7 Å². The van der Waals surface area contributed by atoms with Crippen molar-refractivity contribution in [3.63, 3.8) is 0 Å². The number of hydrogen-bond donors (Lipinski definition) is 2. The van der Waals surface area contributed by atoms with E-state index in [1.807, 2.05) is 0 Å². The Morgan fingerprint density at radius 1 is 1.50 bits per heavy atom. The van der Waals surface area contributed by atoms with E-state index in [0.717, 1.165) is 18.2 Å². The number of ether oxygens (including phenoxy) is 1. The molecule has 20 heavy (non-hydrogen) atoms. The highest BCUT2D eigenvalue weighted by Gasteiger charge is 2.19. The summed E-state index contributed by atoms with van der Waals surface area (Å²) in [5, 5.41) is 8.77. The van der Waals surface area contributed by atoms with Crippen molar-refractivity contribution in [3.8, 4) is 0 Å². The molecule has 0 aliphatic rings. The van der Waals surface area contributed by atoms with Gasteiger partial charge in [-0.05, 0) is 24.1 Å². The summed E-state index contributed by atoms with van der Waals surface area (Å²) in [6.45, 7) is 2.31. The number of carboxylic acids is 1. The van der Waals surface area contributed by atoms with Crippen molar-refractivity contribution < 1.29 is 27.4 Å². The van der Waals surface area contributed by atoms with Gasteiger partial charge in [-0.3, -0.25) is 0 Å². The second-order valence-electron chi connectivity index (χ2n) is 4.36. The highest BCUT2D eigenvalue weighted by molar-refractivity contribution is 7.89. The molecular formula is C12H16FNO5S.